The first-order valence-corrected chi connectivity index (χ1v) is 10.3. The zero-order valence-corrected chi connectivity index (χ0v) is 16.0. The van der Waals surface area contributed by atoms with E-state index in [0.29, 0.717) is 17.9 Å². The zero-order chi connectivity index (χ0) is 19.4. The number of halogens is 2. The fourth-order valence-electron chi connectivity index (χ4n) is 2.94. The third-order valence-electron chi connectivity index (χ3n) is 4.53. The number of esters is 1. The van der Waals surface area contributed by atoms with Crippen molar-refractivity contribution in [3.05, 3.63) is 64.9 Å². The van der Waals surface area contributed by atoms with E-state index in [2.05, 4.69) is 0 Å². The van der Waals surface area contributed by atoms with E-state index >= 15 is 0 Å². The molecule has 8 heteroatoms. The fraction of sp³-hybridized carbons (Fsp3) is 0.316. The van der Waals surface area contributed by atoms with Crippen LogP contribution in [0.15, 0.2) is 53.4 Å². The number of piperidine rings is 1. The number of carbonyl (C=O) groups is 1. The number of ether oxygens (including phenoxy) is 1. The molecule has 1 heterocycles. The molecule has 0 N–H and O–H groups in total. The Morgan fingerprint density at radius 1 is 1.07 bits per heavy atom. The van der Waals surface area contributed by atoms with Crippen molar-refractivity contribution in [2.75, 3.05) is 13.1 Å². The van der Waals surface area contributed by atoms with Gasteiger partial charge in [-0.15, -0.1) is 0 Å². The lowest BCUT2D eigenvalue weighted by molar-refractivity contribution is -0.151. The minimum Gasteiger partial charge on any atom is -0.461 e. The second kappa shape index (κ2) is 8.37. The van der Waals surface area contributed by atoms with Gasteiger partial charge in [0.05, 0.1) is 10.8 Å². The Morgan fingerprint density at radius 2 is 1.67 bits per heavy atom. The maximum atomic E-state index is 13.0. The Morgan fingerprint density at radius 3 is 2.26 bits per heavy atom. The van der Waals surface area contributed by atoms with Crippen molar-refractivity contribution in [2.45, 2.75) is 24.3 Å². The molecular formula is C19H19ClFNO4S. The molecule has 0 aromatic heterocycles. The second-order valence-electron chi connectivity index (χ2n) is 6.37. The molecule has 1 aliphatic rings. The average molecular weight is 412 g/mol. The van der Waals surface area contributed by atoms with Crippen molar-refractivity contribution in [2.24, 2.45) is 5.92 Å². The van der Waals surface area contributed by atoms with E-state index in [9.17, 15) is 17.6 Å². The predicted octanol–water partition coefficient (Wildman–Crippen LogP) is 3.62. The van der Waals surface area contributed by atoms with E-state index in [1.165, 1.54) is 16.4 Å². The number of benzene rings is 2. The topological polar surface area (TPSA) is 63.7 Å². The summed E-state index contributed by atoms with van der Waals surface area (Å²) in [6.07, 6.45) is 0.778. The molecule has 1 aliphatic heterocycles. The summed E-state index contributed by atoms with van der Waals surface area (Å²) in [6.45, 7) is 0.602. The molecule has 0 spiro atoms. The van der Waals surface area contributed by atoms with Gasteiger partial charge in [-0.1, -0.05) is 23.7 Å². The van der Waals surface area contributed by atoms with Gasteiger partial charge >= 0.3 is 5.97 Å². The Labute approximate surface area is 162 Å². The smallest absolute Gasteiger partial charge is 0.309 e. The van der Waals surface area contributed by atoms with Crippen LogP contribution in [0.1, 0.15) is 18.4 Å². The summed E-state index contributed by atoms with van der Waals surface area (Å²) in [5.74, 6) is -1.16. The average Bonchev–Trinajstić information content (AvgIpc) is 2.68. The molecular weight excluding hydrogens is 393 g/mol. The quantitative estimate of drug-likeness (QED) is 0.705. The van der Waals surface area contributed by atoms with Gasteiger partial charge in [-0.25, -0.2) is 12.8 Å². The van der Waals surface area contributed by atoms with Crippen molar-refractivity contribution >= 4 is 27.6 Å². The molecule has 0 bridgehead atoms. The predicted molar refractivity (Wildman–Crippen MR) is 99.1 cm³/mol. The van der Waals surface area contributed by atoms with Crippen molar-refractivity contribution in [3.63, 3.8) is 0 Å². The van der Waals surface area contributed by atoms with Gasteiger partial charge in [-0.05, 0) is 54.8 Å². The fourth-order valence-corrected chi connectivity index (χ4v) is 4.54. The normalized spacial score (nSPS) is 16.2. The minimum atomic E-state index is -3.69. The lowest BCUT2D eigenvalue weighted by Crippen LogP contribution is -2.40. The number of rotatable bonds is 5. The van der Waals surface area contributed by atoms with Crippen LogP contribution >= 0.6 is 11.6 Å². The third-order valence-corrected chi connectivity index (χ3v) is 6.70. The van der Waals surface area contributed by atoms with Gasteiger partial charge in [0.25, 0.3) is 0 Å². The van der Waals surface area contributed by atoms with Crippen LogP contribution in [0, 0.1) is 11.7 Å². The van der Waals surface area contributed by atoms with Gasteiger partial charge < -0.3 is 4.74 Å². The molecule has 1 fully saturated rings. The van der Waals surface area contributed by atoms with Crippen LogP contribution in [0.2, 0.25) is 5.02 Å². The summed E-state index contributed by atoms with van der Waals surface area (Å²) in [5.41, 5.74) is 0.837. The first-order chi connectivity index (χ1) is 12.9. The van der Waals surface area contributed by atoms with E-state index < -0.39 is 15.8 Å². The van der Waals surface area contributed by atoms with Gasteiger partial charge in [-0.3, -0.25) is 4.79 Å². The second-order valence-corrected chi connectivity index (χ2v) is 8.74. The summed E-state index contributed by atoms with van der Waals surface area (Å²) in [6, 6.07) is 11.8. The molecule has 2 aromatic carbocycles. The molecule has 144 valence electrons. The Kier molecular flexibility index (Phi) is 6.14. The highest BCUT2D eigenvalue weighted by Gasteiger charge is 2.32. The maximum absolute atomic E-state index is 13.0. The summed E-state index contributed by atoms with van der Waals surface area (Å²) >= 11 is 5.82. The number of nitrogens with zero attached hydrogens (tertiary/aromatic N) is 1. The highest BCUT2D eigenvalue weighted by molar-refractivity contribution is 7.89. The van der Waals surface area contributed by atoms with E-state index in [0.717, 1.165) is 17.7 Å². The van der Waals surface area contributed by atoms with Crippen molar-refractivity contribution in [3.8, 4) is 0 Å². The number of carbonyl (C=O) groups excluding carboxylic acids is 1. The molecule has 0 amide bonds. The van der Waals surface area contributed by atoms with Gasteiger partial charge in [0.15, 0.2) is 0 Å². The van der Waals surface area contributed by atoms with Crippen LogP contribution in [-0.4, -0.2) is 31.8 Å². The third kappa shape index (κ3) is 4.86. The SMILES string of the molecule is O=C(OCc1ccc(Cl)cc1)C1CCN(S(=O)(=O)c2ccc(F)cc2)CC1. The molecule has 1 saturated heterocycles. The van der Waals surface area contributed by atoms with E-state index in [4.69, 9.17) is 16.3 Å². The van der Waals surface area contributed by atoms with Crippen molar-refractivity contribution < 1.29 is 22.3 Å². The lowest BCUT2D eigenvalue weighted by Gasteiger charge is -2.30. The molecule has 0 radical (unpaired) electrons. The largest absolute Gasteiger partial charge is 0.461 e. The first kappa shape index (κ1) is 19.8. The molecule has 27 heavy (non-hydrogen) atoms. The van der Waals surface area contributed by atoms with Gasteiger partial charge in [0, 0.05) is 18.1 Å². The van der Waals surface area contributed by atoms with E-state index in [1.807, 2.05) is 0 Å². The lowest BCUT2D eigenvalue weighted by atomic mass is 9.98. The Hall–Kier alpha value is -1.96. The first-order valence-electron chi connectivity index (χ1n) is 8.53. The monoisotopic (exact) mass is 411 g/mol. The van der Waals surface area contributed by atoms with Crippen molar-refractivity contribution in [1.29, 1.82) is 0 Å². The van der Waals surface area contributed by atoms with Crippen LogP contribution in [0.5, 0.6) is 0 Å². The van der Waals surface area contributed by atoms with Crippen LogP contribution in [0.25, 0.3) is 0 Å². The number of hydrogen-bond donors (Lipinski definition) is 0. The van der Waals surface area contributed by atoms with Crippen LogP contribution in [0.3, 0.4) is 0 Å². The standard InChI is InChI=1S/C19H19ClFNO4S/c20-16-3-1-14(2-4-16)13-26-19(23)15-9-11-22(12-10-15)27(24,25)18-7-5-17(21)6-8-18/h1-8,15H,9-13H2. The summed E-state index contributed by atoms with van der Waals surface area (Å²) in [5, 5.41) is 0.611. The summed E-state index contributed by atoms with van der Waals surface area (Å²) < 4.78 is 44.8. The molecule has 5 nitrogen and oxygen atoms in total. The molecule has 0 saturated carbocycles. The Bertz CT molecular complexity index is 892. The highest BCUT2D eigenvalue weighted by atomic mass is 35.5. The minimum absolute atomic E-state index is 0.0488. The van der Waals surface area contributed by atoms with Crippen LogP contribution < -0.4 is 0 Å². The summed E-state index contributed by atoms with van der Waals surface area (Å²) in [4.78, 5) is 12.3. The Balaban J connectivity index is 1.54. The number of hydrogen-bond acceptors (Lipinski definition) is 4. The van der Waals surface area contributed by atoms with Crippen LogP contribution in [-0.2, 0) is 26.2 Å². The van der Waals surface area contributed by atoms with Gasteiger partial charge in [0.2, 0.25) is 10.0 Å². The molecule has 0 aliphatic carbocycles. The summed E-state index contributed by atoms with van der Waals surface area (Å²) in [7, 11) is -3.69. The molecule has 3 rings (SSSR count). The number of sulfonamides is 1. The maximum Gasteiger partial charge on any atom is 0.309 e. The van der Waals surface area contributed by atoms with Gasteiger partial charge in [0.1, 0.15) is 12.4 Å². The van der Waals surface area contributed by atoms with Crippen molar-refractivity contribution in [1.82, 2.24) is 4.31 Å². The molecule has 0 unspecified atom stereocenters. The molecule has 2 aromatic rings. The van der Waals surface area contributed by atoms with Crippen LogP contribution in [0.4, 0.5) is 4.39 Å². The molecule has 0 atom stereocenters. The van der Waals surface area contributed by atoms with E-state index in [1.54, 1.807) is 24.3 Å². The van der Waals surface area contributed by atoms with Gasteiger partial charge in [-0.2, -0.15) is 4.31 Å². The zero-order valence-electron chi connectivity index (χ0n) is 14.5. The highest BCUT2D eigenvalue weighted by Crippen LogP contribution is 2.25. The van der Waals surface area contributed by atoms with E-state index in [-0.39, 0.29) is 36.5 Å².